The number of nitriles is 1. The van der Waals surface area contributed by atoms with Crippen LogP contribution in [0, 0.1) is 18.5 Å². The van der Waals surface area contributed by atoms with Crippen LogP contribution in [0.4, 0.5) is 5.69 Å². The molecule has 0 aliphatic carbocycles. The molecule has 0 heterocycles. The molecule has 3 aromatic carbocycles. The second kappa shape index (κ2) is 11.4. The summed E-state index contributed by atoms with van der Waals surface area (Å²) in [7, 11) is 0. The molecule has 1 amide bonds. The highest BCUT2D eigenvalue weighted by Crippen LogP contribution is 2.33. The van der Waals surface area contributed by atoms with Crippen molar-refractivity contribution in [1.29, 1.82) is 5.26 Å². The standard InChI is InChI=1S/C23H14Br2I2N2O2/c24-17-3-7-19(8-4-17)29-23(30)16(12-28)9-15-10-20(25)22(21(27)11-15)31-13-14-1-5-18(26)6-2-14/h1-11H,13H2,(H,29,30)/b16-9-. The summed E-state index contributed by atoms with van der Waals surface area (Å²) in [5.74, 6) is 0.254. The van der Waals surface area contributed by atoms with Crippen molar-refractivity contribution >= 4 is 94.7 Å². The van der Waals surface area contributed by atoms with Gasteiger partial charge in [-0.3, -0.25) is 4.79 Å². The predicted molar refractivity (Wildman–Crippen MR) is 147 cm³/mol. The van der Waals surface area contributed by atoms with Gasteiger partial charge in [0.2, 0.25) is 0 Å². The quantitative estimate of drug-likeness (QED) is 0.160. The van der Waals surface area contributed by atoms with Crippen LogP contribution in [0.15, 0.2) is 75.2 Å². The minimum Gasteiger partial charge on any atom is -0.487 e. The molecule has 0 unspecified atom stereocenters. The van der Waals surface area contributed by atoms with E-state index in [0.29, 0.717) is 18.0 Å². The smallest absolute Gasteiger partial charge is 0.266 e. The molecule has 3 aromatic rings. The normalized spacial score (nSPS) is 11.0. The topological polar surface area (TPSA) is 62.1 Å². The molecule has 1 N–H and O–H groups in total. The summed E-state index contributed by atoms with van der Waals surface area (Å²) in [6.45, 7) is 0.444. The van der Waals surface area contributed by atoms with Crippen LogP contribution >= 0.6 is 77.0 Å². The first-order chi connectivity index (χ1) is 14.9. The van der Waals surface area contributed by atoms with Gasteiger partial charge in [-0.1, -0.05) is 28.1 Å². The van der Waals surface area contributed by atoms with Gasteiger partial charge in [0.25, 0.3) is 5.91 Å². The lowest BCUT2D eigenvalue weighted by atomic mass is 10.1. The Balaban J connectivity index is 1.76. The second-order valence-corrected chi connectivity index (χ2v) is 10.5. The molecule has 0 radical (unpaired) electrons. The summed E-state index contributed by atoms with van der Waals surface area (Å²) >= 11 is 11.3. The van der Waals surface area contributed by atoms with Crippen LogP contribution in [0.2, 0.25) is 0 Å². The number of carbonyl (C=O) groups excluding carboxylic acids is 1. The Kier molecular flexibility index (Phi) is 8.95. The fourth-order valence-corrected chi connectivity index (χ4v) is 4.98. The molecule has 0 aliphatic rings. The summed E-state index contributed by atoms with van der Waals surface area (Å²) in [4.78, 5) is 12.5. The first-order valence-electron chi connectivity index (χ1n) is 8.90. The van der Waals surface area contributed by atoms with E-state index in [1.165, 1.54) is 3.57 Å². The second-order valence-electron chi connectivity index (χ2n) is 6.36. The molecule has 156 valence electrons. The number of hydrogen-bond acceptors (Lipinski definition) is 3. The van der Waals surface area contributed by atoms with Crippen LogP contribution in [0.5, 0.6) is 5.75 Å². The van der Waals surface area contributed by atoms with Gasteiger partial charge in [0.05, 0.1) is 8.04 Å². The minimum absolute atomic E-state index is 0.0122. The van der Waals surface area contributed by atoms with Gasteiger partial charge in [0.15, 0.2) is 0 Å². The maximum absolute atomic E-state index is 12.5. The highest BCUT2D eigenvalue weighted by Gasteiger charge is 2.13. The van der Waals surface area contributed by atoms with Crippen molar-refractivity contribution in [3.63, 3.8) is 0 Å². The van der Waals surface area contributed by atoms with Crippen LogP contribution < -0.4 is 10.1 Å². The number of hydrogen-bond donors (Lipinski definition) is 1. The predicted octanol–water partition coefficient (Wildman–Crippen LogP) is 7.55. The average Bonchev–Trinajstić information content (AvgIpc) is 2.74. The van der Waals surface area contributed by atoms with E-state index in [1.807, 2.05) is 54.6 Å². The Bertz CT molecular complexity index is 1150. The number of benzene rings is 3. The molecule has 0 fully saturated rings. The number of ether oxygens (including phenoxy) is 1. The van der Waals surface area contributed by atoms with Crippen LogP contribution in [0.1, 0.15) is 11.1 Å². The van der Waals surface area contributed by atoms with Crippen LogP contribution in [-0.2, 0) is 11.4 Å². The van der Waals surface area contributed by atoms with Crippen molar-refractivity contribution in [2.24, 2.45) is 0 Å². The van der Waals surface area contributed by atoms with Gasteiger partial charge in [-0.05, 0) is 127 Å². The third-order valence-electron chi connectivity index (χ3n) is 4.10. The molecule has 31 heavy (non-hydrogen) atoms. The molecule has 0 bridgehead atoms. The van der Waals surface area contributed by atoms with Crippen LogP contribution in [0.25, 0.3) is 6.08 Å². The van der Waals surface area contributed by atoms with E-state index in [0.717, 1.165) is 23.6 Å². The van der Waals surface area contributed by atoms with E-state index in [2.05, 4.69) is 82.4 Å². The number of nitrogens with zero attached hydrogens (tertiary/aromatic N) is 1. The van der Waals surface area contributed by atoms with Gasteiger partial charge in [-0.2, -0.15) is 5.26 Å². The van der Waals surface area contributed by atoms with Gasteiger partial charge in [0.1, 0.15) is 24.0 Å². The summed E-state index contributed by atoms with van der Waals surface area (Å²) in [6.07, 6.45) is 1.56. The van der Waals surface area contributed by atoms with Crippen molar-refractivity contribution in [2.75, 3.05) is 5.32 Å². The molecule has 4 nitrogen and oxygen atoms in total. The maximum atomic E-state index is 12.5. The molecule has 0 aromatic heterocycles. The van der Waals surface area contributed by atoms with Crippen LogP contribution in [-0.4, -0.2) is 5.91 Å². The van der Waals surface area contributed by atoms with E-state index in [4.69, 9.17) is 4.74 Å². The summed E-state index contributed by atoms with van der Waals surface area (Å²) < 4.78 is 9.69. The third kappa shape index (κ3) is 7.03. The lowest BCUT2D eigenvalue weighted by Gasteiger charge is -2.12. The molecule has 0 aliphatic heterocycles. The van der Waals surface area contributed by atoms with Gasteiger partial charge < -0.3 is 10.1 Å². The fourth-order valence-electron chi connectivity index (χ4n) is 2.58. The Morgan fingerprint density at radius 2 is 1.74 bits per heavy atom. The maximum Gasteiger partial charge on any atom is 0.266 e. The molecule has 3 rings (SSSR count). The molecule has 0 spiro atoms. The largest absolute Gasteiger partial charge is 0.487 e. The number of halogens is 4. The zero-order chi connectivity index (χ0) is 22.4. The number of anilines is 1. The van der Waals surface area contributed by atoms with E-state index < -0.39 is 5.91 Å². The van der Waals surface area contributed by atoms with Crippen LogP contribution in [0.3, 0.4) is 0 Å². The SMILES string of the molecule is N#C/C(=C/c1cc(Br)c(OCc2ccc(I)cc2)c(I)c1)C(=O)Nc1ccc(Br)cc1. The van der Waals surface area contributed by atoms with Gasteiger partial charge in [0, 0.05) is 13.7 Å². The van der Waals surface area contributed by atoms with Crippen molar-refractivity contribution in [3.8, 4) is 11.8 Å². The van der Waals surface area contributed by atoms with Crippen molar-refractivity contribution in [2.45, 2.75) is 6.61 Å². The van der Waals surface area contributed by atoms with E-state index in [-0.39, 0.29) is 5.57 Å². The highest BCUT2D eigenvalue weighted by molar-refractivity contribution is 14.1. The monoisotopic (exact) mass is 762 g/mol. The zero-order valence-electron chi connectivity index (χ0n) is 15.8. The van der Waals surface area contributed by atoms with E-state index in [9.17, 15) is 10.1 Å². The molecule has 0 saturated heterocycles. The van der Waals surface area contributed by atoms with Gasteiger partial charge in [-0.25, -0.2) is 0 Å². The van der Waals surface area contributed by atoms with Gasteiger partial charge in [-0.15, -0.1) is 0 Å². The third-order valence-corrected chi connectivity index (χ3v) is 6.73. The molecular weight excluding hydrogens is 750 g/mol. The Morgan fingerprint density at radius 1 is 1.06 bits per heavy atom. The van der Waals surface area contributed by atoms with E-state index >= 15 is 0 Å². The van der Waals surface area contributed by atoms with Gasteiger partial charge >= 0.3 is 0 Å². The fraction of sp³-hybridized carbons (Fsp3) is 0.0435. The lowest BCUT2D eigenvalue weighted by molar-refractivity contribution is -0.112. The Hall–Kier alpha value is -1.42. The summed E-state index contributed by atoms with van der Waals surface area (Å²) in [5.41, 5.74) is 2.42. The Morgan fingerprint density at radius 3 is 2.35 bits per heavy atom. The lowest BCUT2D eigenvalue weighted by Crippen LogP contribution is -2.13. The number of carbonyl (C=O) groups is 1. The minimum atomic E-state index is -0.463. The molecular formula is C23H14Br2I2N2O2. The Labute approximate surface area is 224 Å². The zero-order valence-corrected chi connectivity index (χ0v) is 23.3. The molecule has 8 heteroatoms. The van der Waals surface area contributed by atoms with E-state index in [1.54, 1.807) is 18.2 Å². The van der Waals surface area contributed by atoms with Crippen molar-refractivity contribution in [3.05, 3.63) is 93.4 Å². The van der Waals surface area contributed by atoms with Crippen molar-refractivity contribution in [1.82, 2.24) is 0 Å². The van der Waals surface area contributed by atoms with Crippen molar-refractivity contribution < 1.29 is 9.53 Å². The average molecular weight is 764 g/mol. The number of rotatable bonds is 6. The first kappa shape index (κ1) is 24.2. The number of amides is 1. The molecule has 0 saturated carbocycles. The number of nitrogens with one attached hydrogen (secondary N) is 1. The molecule has 0 atom stereocenters. The summed E-state index contributed by atoms with van der Waals surface area (Å²) in [6, 6.07) is 21.0. The highest BCUT2D eigenvalue weighted by atomic mass is 127. The summed E-state index contributed by atoms with van der Waals surface area (Å²) in [5, 5.41) is 12.2. The first-order valence-corrected chi connectivity index (χ1v) is 12.6.